The van der Waals surface area contributed by atoms with Gasteiger partial charge in [0.05, 0.1) is 7.06 Å². The zero-order valence-corrected chi connectivity index (χ0v) is 11.7. The average Bonchev–Trinajstić information content (AvgIpc) is 2.52. The van der Waals surface area contributed by atoms with Gasteiger partial charge in [0.2, 0.25) is 0 Å². The van der Waals surface area contributed by atoms with Gasteiger partial charge in [-0.2, -0.15) is 0 Å². The molecule has 0 N–H and O–H groups in total. The number of nitrogens with zero attached hydrogens (tertiary/aromatic N) is 1. The second-order valence-electron chi connectivity index (χ2n) is 2.93. The van der Waals surface area contributed by atoms with Crippen LogP contribution in [0.2, 0.25) is 0 Å². The summed E-state index contributed by atoms with van der Waals surface area (Å²) in [6.07, 6.45) is 1.82. The van der Waals surface area contributed by atoms with Crippen molar-refractivity contribution < 1.29 is 1.37 Å². The summed E-state index contributed by atoms with van der Waals surface area (Å²) in [4.78, 5) is 4.31. The lowest BCUT2D eigenvalue weighted by molar-refractivity contribution is 1.50. The predicted molar refractivity (Wildman–Crippen MR) is 82.8 cm³/mol. The van der Waals surface area contributed by atoms with Crippen molar-refractivity contribution in [3.05, 3.63) is 66.2 Å². The van der Waals surface area contributed by atoms with Crippen LogP contribution in [0.3, 0.4) is 0 Å². The maximum Gasteiger partial charge on any atom is 0.0629 e. The van der Waals surface area contributed by atoms with E-state index in [9.17, 15) is 0 Å². The molecule has 0 amide bonds. The second-order valence-corrected chi connectivity index (χ2v) is 2.93. The molecule has 0 aliphatic heterocycles. The van der Waals surface area contributed by atoms with Crippen LogP contribution in [0.25, 0.3) is 0 Å². The highest BCUT2D eigenvalue weighted by atomic mass is 14.7. The quantitative estimate of drug-likeness (QED) is 0.617. The van der Waals surface area contributed by atoms with Crippen LogP contribution >= 0.6 is 0 Å². The van der Waals surface area contributed by atoms with Gasteiger partial charge in [-0.1, -0.05) is 76.2 Å². The minimum Gasteiger partial charge on any atom is -0.256 e. The molecule has 0 aliphatic rings. The van der Waals surface area contributed by atoms with Crippen molar-refractivity contribution in [2.75, 3.05) is 0 Å². The van der Waals surface area contributed by atoms with Gasteiger partial charge in [0.1, 0.15) is 0 Å². The third kappa shape index (κ3) is 6.64. The first-order chi connectivity index (χ1) is 9.34. The summed E-state index contributed by atoms with van der Waals surface area (Å²) in [5.41, 5.74) is 1.95. The summed E-state index contributed by atoms with van der Waals surface area (Å²) < 4.78 is 7.34. The van der Waals surface area contributed by atoms with Crippen molar-refractivity contribution in [1.29, 1.82) is 0 Å². The van der Waals surface area contributed by atoms with Crippen LogP contribution in [0.1, 0.15) is 34.6 Å². The van der Waals surface area contributed by atoms with E-state index >= 15 is 0 Å². The van der Waals surface area contributed by atoms with Crippen molar-refractivity contribution in [2.45, 2.75) is 27.7 Å². The van der Waals surface area contributed by atoms with Crippen LogP contribution in [-0.4, -0.2) is 6.21 Å². The van der Waals surface area contributed by atoms with E-state index in [1.54, 1.807) is 12.1 Å². The Kier molecular flexibility index (Phi) is 9.13. The van der Waals surface area contributed by atoms with Crippen LogP contribution in [0, 0.1) is 0 Å². The van der Waals surface area contributed by atoms with Crippen LogP contribution in [0.4, 0.5) is 5.69 Å². The van der Waals surface area contributed by atoms with Gasteiger partial charge < -0.3 is 0 Å². The van der Waals surface area contributed by atoms with Crippen LogP contribution in [0.15, 0.2) is 65.6 Å². The van der Waals surface area contributed by atoms with Crippen molar-refractivity contribution in [3.8, 4) is 0 Å². The fourth-order valence-corrected chi connectivity index (χ4v) is 1.15. The topological polar surface area (TPSA) is 12.4 Å². The molecule has 0 radical (unpaired) electrons. The van der Waals surface area contributed by atoms with Gasteiger partial charge in [-0.15, -0.1) is 0 Å². The molecule has 2 rings (SSSR count). The lowest BCUT2D eigenvalue weighted by Gasteiger charge is -1.92. The number of benzene rings is 2. The number of hydrogen-bond donors (Lipinski definition) is 0. The Morgan fingerprint density at radius 3 is 1.94 bits per heavy atom. The molecule has 2 aromatic rings. The van der Waals surface area contributed by atoms with Crippen molar-refractivity contribution in [3.63, 3.8) is 0 Å². The maximum absolute atomic E-state index is 7.34. The molecule has 0 saturated carbocycles. The van der Waals surface area contributed by atoms with Crippen LogP contribution in [0.5, 0.6) is 0 Å². The Hall–Kier alpha value is -1.89. The van der Waals surface area contributed by atoms with E-state index in [1.807, 2.05) is 76.4 Å². The Balaban J connectivity index is 0.000000741. The van der Waals surface area contributed by atoms with E-state index in [0.717, 1.165) is 11.3 Å². The molecular formula is C17H23N. The first kappa shape index (κ1) is 14.2. The fraction of sp³-hybridized carbons (Fsp3) is 0.235. The molecule has 0 aliphatic carbocycles. The largest absolute Gasteiger partial charge is 0.256 e. The van der Waals surface area contributed by atoms with E-state index < -0.39 is 0 Å². The van der Waals surface area contributed by atoms with Gasteiger partial charge in [-0.25, -0.2) is 0 Å². The molecule has 0 spiro atoms. The second kappa shape index (κ2) is 11.6. The summed E-state index contributed by atoms with van der Waals surface area (Å²) in [5, 5.41) is 0. The Morgan fingerprint density at radius 1 is 0.833 bits per heavy atom. The molecule has 0 fully saturated rings. The minimum absolute atomic E-state index is 0.508. The molecule has 18 heavy (non-hydrogen) atoms. The molecule has 2 aromatic carbocycles. The van der Waals surface area contributed by atoms with Crippen molar-refractivity contribution in [1.82, 2.24) is 0 Å². The van der Waals surface area contributed by atoms with Gasteiger partial charge in [-0.05, 0) is 17.7 Å². The molecule has 0 unspecified atom stereocenters. The third-order valence-corrected chi connectivity index (χ3v) is 1.86. The van der Waals surface area contributed by atoms with E-state index in [1.165, 1.54) is 0 Å². The zero-order chi connectivity index (χ0) is 14.5. The first-order valence-corrected chi connectivity index (χ1v) is 6.50. The summed E-state index contributed by atoms with van der Waals surface area (Å²) in [6, 6.07) is 17.6. The SMILES string of the molecule is CC.CC.[2H]c1ccc(N=Cc2ccccc2)cc1. The molecule has 0 aromatic heterocycles. The van der Waals surface area contributed by atoms with Gasteiger partial charge in [0.25, 0.3) is 0 Å². The highest BCUT2D eigenvalue weighted by Crippen LogP contribution is 2.09. The van der Waals surface area contributed by atoms with Gasteiger partial charge >= 0.3 is 0 Å². The standard InChI is InChI=1S/C13H11N.2C2H6/c1-3-7-12(8-4-1)11-14-13-9-5-2-6-10-13;2*1-2/h1-11H;2*1-2H3/i2D;;. The number of hydrogen-bond acceptors (Lipinski definition) is 1. The average molecular weight is 242 g/mol. The summed E-state index contributed by atoms with van der Waals surface area (Å²) in [7, 11) is 0. The molecule has 0 heterocycles. The number of para-hydroxylation sites is 1. The third-order valence-electron chi connectivity index (χ3n) is 1.86. The summed E-state index contributed by atoms with van der Waals surface area (Å²) >= 11 is 0. The lowest BCUT2D eigenvalue weighted by Crippen LogP contribution is -1.77. The van der Waals surface area contributed by atoms with E-state index in [-0.39, 0.29) is 0 Å². The Labute approximate surface area is 113 Å². The molecule has 96 valence electrons. The molecule has 1 nitrogen and oxygen atoms in total. The molecule has 0 bridgehead atoms. The Bertz CT molecular complexity index is 446. The van der Waals surface area contributed by atoms with E-state index in [0.29, 0.717) is 6.04 Å². The predicted octanol–water partition coefficient (Wildman–Crippen LogP) is 5.49. The van der Waals surface area contributed by atoms with Crippen molar-refractivity contribution >= 4 is 11.9 Å². The van der Waals surface area contributed by atoms with Gasteiger partial charge in [0.15, 0.2) is 0 Å². The number of aliphatic imine (C=N–C) groups is 1. The fourth-order valence-electron chi connectivity index (χ4n) is 1.15. The minimum atomic E-state index is 0.508. The summed E-state index contributed by atoms with van der Waals surface area (Å²) in [6.45, 7) is 8.00. The smallest absolute Gasteiger partial charge is 0.0629 e. The lowest BCUT2D eigenvalue weighted by atomic mass is 10.2. The van der Waals surface area contributed by atoms with E-state index in [4.69, 9.17) is 1.37 Å². The molecule has 0 atom stereocenters. The van der Waals surface area contributed by atoms with Crippen molar-refractivity contribution in [2.24, 2.45) is 4.99 Å². The monoisotopic (exact) mass is 242 g/mol. The first-order valence-electron chi connectivity index (χ1n) is 7.00. The van der Waals surface area contributed by atoms with E-state index in [2.05, 4.69) is 4.99 Å². The molecular weight excluding hydrogens is 218 g/mol. The highest BCUT2D eigenvalue weighted by molar-refractivity contribution is 5.81. The van der Waals surface area contributed by atoms with Gasteiger partial charge in [0, 0.05) is 6.21 Å². The summed E-state index contributed by atoms with van der Waals surface area (Å²) in [5.74, 6) is 0. The maximum atomic E-state index is 7.34. The van der Waals surface area contributed by atoms with Crippen LogP contribution in [-0.2, 0) is 0 Å². The Morgan fingerprint density at radius 2 is 1.39 bits per heavy atom. The van der Waals surface area contributed by atoms with Gasteiger partial charge in [-0.3, -0.25) is 4.99 Å². The number of rotatable bonds is 2. The van der Waals surface area contributed by atoms with Crippen LogP contribution < -0.4 is 0 Å². The zero-order valence-electron chi connectivity index (χ0n) is 12.7. The normalized spacial score (nSPS) is 9.67. The molecule has 0 saturated heterocycles. The molecule has 1 heteroatoms. The highest BCUT2D eigenvalue weighted by Gasteiger charge is 1.85.